The Morgan fingerprint density at radius 2 is 1.89 bits per heavy atom. The van der Waals surface area contributed by atoms with Crippen molar-refractivity contribution >= 4 is 20.9 Å². The second kappa shape index (κ2) is 4.34. The molecule has 0 unspecified atom stereocenters. The topological polar surface area (TPSA) is 60.2 Å². The SMILES string of the molecule is CCS(=O)(=O)c1c(C)ccc2nc(C(C)(C)C)oc12. The summed E-state index contributed by atoms with van der Waals surface area (Å²) in [6.45, 7) is 9.37. The molecule has 0 aliphatic rings. The average Bonchev–Trinajstić information content (AvgIpc) is 2.71. The molecule has 0 radical (unpaired) electrons. The van der Waals surface area contributed by atoms with E-state index in [0.717, 1.165) is 0 Å². The van der Waals surface area contributed by atoms with Gasteiger partial charge in [-0.1, -0.05) is 33.8 Å². The van der Waals surface area contributed by atoms with Crippen LogP contribution in [-0.2, 0) is 15.3 Å². The lowest BCUT2D eigenvalue weighted by Crippen LogP contribution is -2.11. The molecule has 4 nitrogen and oxygen atoms in total. The fraction of sp³-hybridized carbons (Fsp3) is 0.500. The van der Waals surface area contributed by atoms with E-state index in [0.29, 0.717) is 22.6 Å². The molecule has 104 valence electrons. The first-order chi connectivity index (χ1) is 8.66. The summed E-state index contributed by atoms with van der Waals surface area (Å²) >= 11 is 0. The number of oxazole rings is 1. The Morgan fingerprint density at radius 1 is 1.26 bits per heavy atom. The number of sulfone groups is 1. The van der Waals surface area contributed by atoms with E-state index in [9.17, 15) is 8.42 Å². The molecule has 1 aromatic heterocycles. The van der Waals surface area contributed by atoms with Crippen LogP contribution >= 0.6 is 0 Å². The van der Waals surface area contributed by atoms with E-state index < -0.39 is 9.84 Å². The van der Waals surface area contributed by atoms with Gasteiger partial charge in [0, 0.05) is 5.41 Å². The minimum Gasteiger partial charge on any atom is -0.439 e. The van der Waals surface area contributed by atoms with Crippen LogP contribution in [0.4, 0.5) is 0 Å². The van der Waals surface area contributed by atoms with Gasteiger partial charge in [-0.25, -0.2) is 13.4 Å². The highest BCUT2D eigenvalue weighted by molar-refractivity contribution is 7.91. The van der Waals surface area contributed by atoms with Gasteiger partial charge in [0.1, 0.15) is 10.4 Å². The molecule has 0 aliphatic carbocycles. The predicted octanol–water partition coefficient (Wildman–Crippen LogP) is 3.23. The second-order valence-electron chi connectivity index (χ2n) is 5.73. The Labute approximate surface area is 113 Å². The maximum absolute atomic E-state index is 12.2. The third-order valence-electron chi connectivity index (χ3n) is 3.04. The van der Waals surface area contributed by atoms with Gasteiger partial charge in [0.05, 0.1) is 5.75 Å². The fourth-order valence-electron chi connectivity index (χ4n) is 1.92. The Kier molecular flexibility index (Phi) is 3.21. The van der Waals surface area contributed by atoms with Gasteiger partial charge in [-0.15, -0.1) is 0 Å². The molecule has 1 aromatic carbocycles. The van der Waals surface area contributed by atoms with E-state index in [1.165, 1.54) is 0 Å². The number of hydrogen-bond donors (Lipinski definition) is 0. The van der Waals surface area contributed by atoms with E-state index in [2.05, 4.69) is 4.98 Å². The Morgan fingerprint density at radius 3 is 2.42 bits per heavy atom. The summed E-state index contributed by atoms with van der Waals surface area (Å²) in [6.07, 6.45) is 0. The van der Waals surface area contributed by atoms with Crippen LogP contribution in [0.15, 0.2) is 21.4 Å². The minimum absolute atomic E-state index is 0.0541. The molecular weight excluding hydrogens is 262 g/mol. The van der Waals surface area contributed by atoms with Gasteiger partial charge in [0.2, 0.25) is 5.89 Å². The highest BCUT2D eigenvalue weighted by atomic mass is 32.2. The third kappa shape index (κ3) is 2.39. The number of nitrogens with zero attached hydrogens (tertiary/aromatic N) is 1. The van der Waals surface area contributed by atoms with Crippen molar-refractivity contribution in [1.82, 2.24) is 4.98 Å². The Balaban J connectivity index is 2.84. The molecule has 0 spiro atoms. The lowest BCUT2D eigenvalue weighted by molar-refractivity contribution is 0.408. The molecule has 0 amide bonds. The van der Waals surface area contributed by atoms with Crippen molar-refractivity contribution in [1.29, 1.82) is 0 Å². The number of hydrogen-bond acceptors (Lipinski definition) is 4. The maximum atomic E-state index is 12.2. The normalized spacial score (nSPS) is 13.1. The van der Waals surface area contributed by atoms with Crippen LogP contribution < -0.4 is 0 Å². The van der Waals surface area contributed by atoms with Crippen LogP contribution in [0.1, 0.15) is 39.1 Å². The largest absolute Gasteiger partial charge is 0.439 e. The van der Waals surface area contributed by atoms with Crippen LogP contribution in [0.5, 0.6) is 0 Å². The van der Waals surface area contributed by atoms with Crippen molar-refractivity contribution in [3.05, 3.63) is 23.6 Å². The van der Waals surface area contributed by atoms with Crippen molar-refractivity contribution in [3.63, 3.8) is 0 Å². The number of fused-ring (bicyclic) bond motifs is 1. The van der Waals surface area contributed by atoms with Gasteiger partial charge in [-0.2, -0.15) is 0 Å². The van der Waals surface area contributed by atoms with Crippen LogP contribution in [0.3, 0.4) is 0 Å². The van der Waals surface area contributed by atoms with Crippen molar-refractivity contribution in [2.24, 2.45) is 0 Å². The summed E-state index contributed by atoms with van der Waals surface area (Å²) in [4.78, 5) is 4.68. The van der Waals surface area contributed by atoms with Crippen LogP contribution in [0.2, 0.25) is 0 Å². The quantitative estimate of drug-likeness (QED) is 0.848. The van der Waals surface area contributed by atoms with Crippen molar-refractivity contribution < 1.29 is 12.8 Å². The van der Waals surface area contributed by atoms with E-state index in [-0.39, 0.29) is 16.1 Å². The van der Waals surface area contributed by atoms with Crippen LogP contribution in [0, 0.1) is 6.92 Å². The lowest BCUT2D eigenvalue weighted by Gasteiger charge is -2.12. The van der Waals surface area contributed by atoms with Crippen molar-refractivity contribution in [2.45, 2.75) is 44.9 Å². The summed E-state index contributed by atoms with van der Waals surface area (Å²) in [5.41, 5.74) is 1.43. The second-order valence-corrected chi connectivity index (χ2v) is 7.95. The number of benzene rings is 1. The van der Waals surface area contributed by atoms with Gasteiger partial charge >= 0.3 is 0 Å². The van der Waals surface area contributed by atoms with E-state index in [1.54, 1.807) is 26.0 Å². The first kappa shape index (κ1) is 14.1. The Hall–Kier alpha value is -1.36. The summed E-state index contributed by atoms with van der Waals surface area (Å²) < 4.78 is 30.2. The fourth-order valence-corrected chi connectivity index (χ4v) is 3.19. The standard InChI is InChI=1S/C14H19NO3S/c1-6-19(16,17)12-9(2)7-8-10-11(12)18-13(15-10)14(3,4)5/h7-8H,6H2,1-5H3. The van der Waals surface area contributed by atoms with E-state index in [1.807, 2.05) is 20.8 Å². The molecule has 2 rings (SSSR count). The third-order valence-corrected chi connectivity index (χ3v) is 4.93. The predicted molar refractivity (Wildman–Crippen MR) is 75.2 cm³/mol. The molecule has 1 heterocycles. The number of rotatable bonds is 2. The summed E-state index contributed by atoms with van der Waals surface area (Å²) in [6, 6.07) is 3.58. The number of aromatic nitrogens is 1. The molecule has 0 fully saturated rings. The van der Waals surface area contributed by atoms with Crippen molar-refractivity contribution in [2.75, 3.05) is 5.75 Å². The molecule has 0 bridgehead atoms. The summed E-state index contributed by atoms with van der Waals surface area (Å²) in [7, 11) is -3.32. The van der Waals surface area contributed by atoms with Crippen LogP contribution in [-0.4, -0.2) is 19.2 Å². The first-order valence-corrected chi connectivity index (χ1v) is 7.95. The molecule has 0 saturated carbocycles. The van der Waals surface area contributed by atoms with Gasteiger partial charge in [0.25, 0.3) is 0 Å². The molecule has 0 saturated heterocycles. The van der Waals surface area contributed by atoms with Gasteiger partial charge < -0.3 is 4.42 Å². The smallest absolute Gasteiger partial charge is 0.200 e. The average molecular weight is 281 g/mol. The number of aryl methyl sites for hydroxylation is 1. The molecule has 5 heteroatoms. The van der Waals surface area contributed by atoms with E-state index >= 15 is 0 Å². The summed E-state index contributed by atoms with van der Waals surface area (Å²) in [5.74, 6) is 0.610. The highest BCUT2D eigenvalue weighted by Gasteiger charge is 2.26. The zero-order chi connectivity index (χ0) is 14.4. The highest BCUT2D eigenvalue weighted by Crippen LogP contribution is 2.32. The van der Waals surface area contributed by atoms with Gasteiger partial charge in [-0.3, -0.25) is 0 Å². The molecule has 0 aliphatic heterocycles. The van der Waals surface area contributed by atoms with Crippen LogP contribution in [0.25, 0.3) is 11.1 Å². The Bertz CT molecular complexity index is 721. The van der Waals surface area contributed by atoms with Gasteiger partial charge in [0.15, 0.2) is 15.4 Å². The zero-order valence-electron chi connectivity index (χ0n) is 11.9. The molecule has 2 aromatic rings. The van der Waals surface area contributed by atoms with E-state index in [4.69, 9.17) is 4.42 Å². The maximum Gasteiger partial charge on any atom is 0.200 e. The summed E-state index contributed by atoms with van der Waals surface area (Å²) in [5, 5.41) is 0. The van der Waals surface area contributed by atoms with Gasteiger partial charge in [-0.05, 0) is 18.6 Å². The monoisotopic (exact) mass is 281 g/mol. The molecular formula is C14H19NO3S. The van der Waals surface area contributed by atoms with Crippen molar-refractivity contribution in [3.8, 4) is 0 Å². The zero-order valence-corrected chi connectivity index (χ0v) is 12.8. The first-order valence-electron chi connectivity index (χ1n) is 6.30. The molecule has 19 heavy (non-hydrogen) atoms. The minimum atomic E-state index is -3.32. The molecule has 0 N–H and O–H groups in total. The lowest BCUT2D eigenvalue weighted by atomic mass is 9.97. The molecule has 0 atom stereocenters.